The zero-order chi connectivity index (χ0) is 17.9. The second-order valence-corrected chi connectivity index (χ2v) is 7.06. The fourth-order valence-electron chi connectivity index (χ4n) is 2.61. The van der Waals surface area contributed by atoms with Gasteiger partial charge in [-0.1, -0.05) is 35.9 Å². The molecule has 1 fully saturated rings. The molecular formula is C19H25NO4. The van der Waals surface area contributed by atoms with E-state index in [-0.39, 0.29) is 0 Å². The fraction of sp³-hybridized carbons (Fsp3) is 0.474. The highest BCUT2D eigenvalue weighted by atomic mass is 16.6. The molecule has 0 saturated carbocycles. The number of methoxy groups -OCH3 is 1. The van der Waals surface area contributed by atoms with E-state index in [4.69, 9.17) is 9.47 Å². The summed E-state index contributed by atoms with van der Waals surface area (Å²) >= 11 is 0. The number of nitrogens with zero attached hydrogens (tertiary/aromatic N) is 1. The van der Waals surface area contributed by atoms with E-state index in [1.165, 1.54) is 17.6 Å². The molecule has 0 bridgehead atoms. The van der Waals surface area contributed by atoms with E-state index in [9.17, 15) is 9.59 Å². The van der Waals surface area contributed by atoms with Crippen LogP contribution in [0.1, 0.15) is 38.3 Å². The lowest BCUT2D eigenvalue weighted by Gasteiger charge is -2.27. The second-order valence-electron chi connectivity index (χ2n) is 7.06. The van der Waals surface area contributed by atoms with Gasteiger partial charge >= 0.3 is 12.1 Å². The quantitative estimate of drug-likeness (QED) is 0.778. The van der Waals surface area contributed by atoms with E-state index >= 15 is 0 Å². The highest BCUT2D eigenvalue weighted by molar-refractivity contribution is 5.84. The lowest BCUT2D eigenvalue weighted by Crippen LogP contribution is -2.43. The Balaban J connectivity index is 2.21. The Kier molecular flexibility index (Phi) is 5.32. The number of rotatable bonds is 2. The minimum atomic E-state index is -0.637. The SMILES string of the molecule is COC(=O)[C@@H]1CC(=Cc2ccc(C)cc2)CN1C(=O)OC(C)(C)C. The highest BCUT2D eigenvalue weighted by Gasteiger charge is 2.39. The van der Waals surface area contributed by atoms with E-state index in [0.717, 1.165) is 11.1 Å². The number of hydrogen-bond donors (Lipinski definition) is 0. The molecule has 1 aliphatic heterocycles. The lowest BCUT2D eigenvalue weighted by atomic mass is 10.1. The molecule has 1 aromatic rings. The van der Waals surface area contributed by atoms with Crippen molar-refractivity contribution >= 4 is 18.1 Å². The van der Waals surface area contributed by atoms with Crippen LogP contribution < -0.4 is 0 Å². The van der Waals surface area contributed by atoms with Gasteiger partial charge in [-0.2, -0.15) is 0 Å². The first-order valence-corrected chi connectivity index (χ1v) is 8.03. The largest absolute Gasteiger partial charge is 0.467 e. The van der Waals surface area contributed by atoms with Crippen LogP contribution in [-0.2, 0) is 14.3 Å². The van der Waals surface area contributed by atoms with E-state index < -0.39 is 23.7 Å². The number of hydrogen-bond acceptors (Lipinski definition) is 4. The number of esters is 1. The van der Waals surface area contributed by atoms with Crippen molar-refractivity contribution in [2.24, 2.45) is 0 Å². The molecule has 2 rings (SSSR count). The Morgan fingerprint density at radius 1 is 1.21 bits per heavy atom. The summed E-state index contributed by atoms with van der Waals surface area (Å²) in [5.41, 5.74) is 2.62. The van der Waals surface area contributed by atoms with Gasteiger partial charge in [0.2, 0.25) is 0 Å². The van der Waals surface area contributed by atoms with E-state index in [2.05, 4.69) is 0 Å². The molecule has 0 spiro atoms. The van der Waals surface area contributed by atoms with Crippen molar-refractivity contribution in [2.45, 2.75) is 45.8 Å². The predicted molar refractivity (Wildman–Crippen MR) is 92.5 cm³/mol. The summed E-state index contributed by atoms with van der Waals surface area (Å²) in [5.74, 6) is -0.423. The fourth-order valence-corrected chi connectivity index (χ4v) is 2.61. The van der Waals surface area contributed by atoms with Crippen molar-refractivity contribution in [1.29, 1.82) is 0 Å². The van der Waals surface area contributed by atoms with Crippen LogP contribution in [-0.4, -0.2) is 42.3 Å². The molecule has 1 aliphatic rings. The number of benzene rings is 1. The third-order valence-electron chi connectivity index (χ3n) is 3.75. The van der Waals surface area contributed by atoms with Gasteiger partial charge in [-0.25, -0.2) is 9.59 Å². The van der Waals surface area contributed by atoms with Gasteiger partial charge in [-0.05, 0) is 38.8 Å². The molecule has 1 heterocycles. The van der Waals surface area contributed by atoms with Gasteiger partial charge in [-0.15, -0.1) is 0 Å². The molecule has 0 aromatic heterocycles. The third kappa shape index (κ3) is 4.60. The first-order chi connectivity index (χ1) is 11.2. The average Bonchev–Trinajstić information content (AvgIpc) is 2.91. The number of aryl methyl sites for hydroxylation is 1. The smallest absolute Gasteiger partial charge is 0.411 e. The molecule has 24 heavy (non-hydrogen) atoms. The molecule has 1 atom stereocenters. The lowest BCUT2D eigenvalue weighted by molar-refractivity contribution is -0.145. The molecule has 1 aromatic carbocycles. The van der Waals surface area contributed by atoms with Crippen molar-refractivity contribution in [1.82, 2.24) is 4.90 Å². The average molecular weight is 331 g/mol. The Labute approximate surface area is 143 Å². The monoisotopic (exact) mass is 331 g/mol. The molecule has 0 radical (unpaired) electrons. The summed E-state index contributed by atoms with van der Waals surface area (Å²) in [7, 11) is 1.33. The Morgan fingerprint density at radius 2 is 1.83 bits per heavy atom. The zero-order valence-electron chi connectivity index (χ0n) is 15.0. The molecule has 5 nitrogen and oxygen atoms in total. The maximum Gasteiger partial charge on any atom is 0.411 e. The number of carbonyl (C=O) groups excluding carboxylic acids is 2. The molecule has 1 saturated heterocycles. The topological polar surface area (TPSA) is 55.8 Å². The van der Waals surface area contributed by atoms with Crippen molar-refractivity contribution in [3.8, 4) is 0 Å². The first-order valence-electron chi connectivity index (χ1n) is 8.03. The van der Waals surface area contributed by atoms with Crippen molar-refractivity contribution in [2.75, 3.05) is 13.7 Å². The van der Waals surface area contributed by atoms with Crippen molar-refractivity contribution in [3.05, 3.63) is 41.0 Å². The predicted octanol–water partition coefficient (Wildman–Crippen LogP) is 3.56. The van der Waals surface area contributed by atoms with Gasteiger partial charge in [0.25, 0.3) is 0 Å². The zero-order valence-corrected chi connectivity index (χ0v) is 15.0. The third-order valence-corrected chi connectivity index (χ3v) is 3.75. The van der Waals surface area contributed by atoms with Gasteiger partial charge in [0, 0.05) is 13.0 Å². The maximum atomic E-state index is 12.4. The van der Waals surface area contributed by atoms with Crippen LogP contribution in [0.3, 0.4) is 0 Å². The van der Waals surface area contributed by atoms with E-state index in [0.29, 0.717) is 13.0 Å². The Morgan fingerprint density at radius 3 is 2.38 bits per heavy atom. The Bertz CT molecular complexity index is 640. The van der Waals surface area contributed by atoms with Gasteiger partial charge in [0.15, 0.2) is 0 Å². The maximum absolute atomic E-state index is 12.4. The van der Waals surface area contributed by atoms with E-state index in [1.807, 2.05) is 37.3 Å². The van der Waals surface area contributed by atoms with Crippen LogP contribution in [0.2, 0.25) is 0 Å². The summed E-state index contributed by atoms with van der Waals surface area (Å²) in [5, 5.41) is 0. The van der Waals surface area contributed by atoms with Crippen LogP contribution in [0, 0.1) is 6.92 Å². The van der Waals surface area contributed by atoms with Crippen LogP contribution in [0.4, 0.5) is 4.79 Å². The second kappa shape index (κ2) is 7.07. The van der Waals surface area contributed by atoms with Gasteiger partial charge in [-0.3, -0.25) is 4.90 Å². The van der Waals surface area contributed by atoms with E-state index in [1.54, 1.807) is 20.8 Å². The first kappa shape index (κ1) is 18.0. The molecule has 1 amide bonds. The van der Waals surface area contributed by atoms with Crippen LogP contribution >= 0.6 is 0 Å². The number of ether oxygens (including phenoxy) is 2. The number of carbonyl (C=O) groups is 2. The normalized spacial score (nSPS) is 19.5. The molecule has 0 unspecified atom stereocenters. The molecule has 0 aliphatic carbocycles. The van der Waals surface area contributed by atoms with Gasteiger partial charge < -0.3 is 9.47 Å². The van der Waals surface area contributed by atoms with Crippen LogP contribution in [0.5, 0.6) is 0 Å². The van der Waals surface area contributed by atoms with Crippen LogP contribution in [0.25, 0.3) is 6.08 Å². The Hall–Kier alpha value is -2.30. The standard InChI is InChI=1S/C19H25NO4/c1-13-6-8-14(9-7-13)10-15-11-16(17(21)23-5)20(12-15)18(22)24-19(2,3)4/h6-10,16H,11-12H2,1-5H3/t16-/m0/s1. The summed E-state index contributed by atoms with van der Waals surface area (Å²) < 4.78 is 10.3. The molecule has 5 heteroatoms. The van der Waals surface area contributed by atoms with Gasteiger partial charge in [0.05, 0.1) is 7.11 Å². The summed E-state index contributed by atoms with van der Waals surface area (Å²) in [6, 6.07) is 7.47. The molecule has 130 valence electrons. The summed E-state index contributed by atoms with van der Waals surface area (Å²) in [6.07, 6.45) is 1.98. The number of likely N-dealkylation sites (tertiary alicyclic amines) is 1. The summed E-state index contributed by atoms with van der Waals surface area (Å²) in [4.78, 5) is 25.9. The van der Waals surface area contributed by atoms with Crippen molar-refractivity contribution < 1.29 is 19.1 Å². The van der Waals surface area contributed by atoms with Crippen LogP contribution in [0.15, 0.2) is 29.8 Å². The minimum Gasteiger partial charge on any atom is -0.467 e. The number of amides is 1. The van der Waals surface area contributed by atoms with Crippen molar-refractivity contribution in [3.63, 3.8) is 0 Å². The molecule has 0 N–H and O–H groups in total. The highest BCUT2D eigenvalue weighted by Crippen LogP contribution is 2.27. The molecular weight excluding hydrogens is 306 g/mol. The summed E-state index contributed by atoms with van der Waals surface area (Å²) in [6.45, 7) is 7.80. The minimum absolute atomic E-state index is 0.364. The van der Waals surface area contributed by atoms with Gasteiger partial charge in [0.1, 0.15) is 11.6 Å².